The van der Waals surface area contributed by atoms with E-state index in [9.17, 15) is 14.4 Å². The van der Waals surface area contributed by atoms with Crippen LogP contribution in [0.15, 0.2) is 79.0 Å². The van der Waals surface area contributed by atoms with E-state index < -0.39 is 0 Å². The lowest BCUT2D eigenvalue weighted by Gasteiger charge is -2.37. The first-order valence-electron chi connectivity index (χ1n) is 9.40. The lowest BCUT2D eigenvalue weighted by Crippen LogP contribution is -2.52. The largest absolute Gasteiger partial charge is 0.298 e. The zero-order chi connectivity index (χ0) is 20.9. The predicted molar refractivity (Wildman–Crippen MR) is 116 cm³/mol. The van der Waals surface area contributed by atoms with E-state index >= 15 is 0 Å². The molecule has 0 bridgehead atoms. The maximum atomic E-state index is 11.0. The van der Waals surface area contributed by atoms with Crippen LogP contribution in [-0.2, 0) is 0 Å². The molecule has 0 unspecified atom stereocenters. The van der Waals surface area contributed by atoms with Gasteiger partial charge in [0.2, 0.25) is 0 Å². The summed E-state index contributed by atoms with van der Waals surface area (Å²) in [4.78, 5) is 32.9. The molecule has 3 aromatic carbocycles. The fraction of sp³-hybridized carbons (Fsp3) is 0.0417. The van der Waals surface area contributed by atoms with Gasteiger partial charge in [0, 0.05) is 22.9 Å². The molecule has 0 fully saturated rings. The predicted octanol–water partition coefficient (Wildman–Crippen LogP) is 3.91. The molecule has 1 heterocycles. The number of nitrogens with zero attached hydrogens (tertiary/aromatic N) is 2. The average molecular weight is 397 g/mol. The molecule has 0 saturated carbocycles. The minimum atomic E-state index is 0.573. The molecule has 0 atom stereocenters. The summed E-state index contributed by atoms with van der Waals surface area (Å²) in [5.41, 5.74) is 8.95. The Bertz CT molecular complexity index is 1090. The van der Waals surface area contributed by atoms with Crippen molar-refractivity contribution < 1.29 is 14.4 Å². The average Bonchev–Trinajstić information content (AvgIpc) is 2.84. The number of benzene rings is 3. The molecule has 30 heavy (non-hydrogen) atoms. The zero-order valence-corrected chi connectivity index (χ0v) is 16.1. The summed E-state index contributed by atoms with van der Waals surface area (Å²) in [6.07, 6.45) is 4.43. The second kappa shape index (κ2) is 8.55. The number of anilines is 2. The van der Waals surface area contributed by atoms with Crippen LogP contribution < -0.4 is 15.6 Å². The topological polar surface area (TPSA) is 69.7 Å². The van der Waals surface area contributed by atoms with Gasteiger partial charge in [-0.05, 0) is 59.7 Å². The van der Waals surface area contributed by atoms with Crippen molar-refractivity contribution in [3.05, 3.63) is 101 Å². The fourth-order valence-corrected chi connectivity index (χ4v) is 3.23. The Morgan fingerprint density at radius 1 is 0.633 bits per heavy atom. The van der Waals surface area contributed by atoms with Gasteiger partial charge in [-0.2, -0.15) is 0 Å². The molecular weight excluding hydrogens is 378 g/mol. The maximum Gasteiger partial charge on any atom is 0.150 e. The molecule has 0 aromatic heterocycles. The highest BCUT2D eigenvalue weighted by atomic mass is 16.1. The van der Waals surface area contributed by atoms with Gasteiger partial charge < -0.3 is 0 Å². The molecule has 6 nitrogen and oxygen atoms in total. The van der Waals surface area contributed by atoms with E-state index in [4.69, 9.17) is 0 Å². The standard InChI is InChI=1S/C24H19N3O3/c28-15-18-1-7-21(8-2-18)22-13-26(23-9-3-19(16-29)4-10-23)25-27(14-22)24-11-5-20(17-30)6-12-24/h1-13,15-17,25H,14H2. The first-order valence-corrected chi connectivity index (χ1v) is 9.40. The Labute approximate surface area is 174 Å². The fourth-order valence-electron chi connectivity index (χ4n) is 3.23. The van der Waals surface area contributed by atoms with Crippen molar-refractivity contribution in [2.75, 3.05) is 16.6 Å². The van der Waals surface area contributed by atoms with Crippen LogP contribution in [-0.4, -0.2) is 25.4 Å². The van der Waals surface area contributed by atoms with Crippen molar-refractivity contribution in [1.29, 1.82) is 0 Å². The molecular formula is C24H19N3O3. The highest BCUT2D eigenvalue weighted by Gasteiger charge is 2.20. The molecule has 0 amide bonds. The third-order valence-corrected chi connectivity index (χ3v) is 4.91. The number of rotatable bonds is 6. The van der Waals surface area contributed by atoms with E-state index in [1.165, 1.54) is 0 Å². The number of carbonyl (C=O) groups is 3. The molecule has 148 valence electrons. The number of carbonyl (C=O) groups excluding carboxylic acids is 3. The van der Waals surface area contributed by atoms with Gasteiger partial charge in [-0.3, -0.25) is 24.4 Å². The number of hydrogen-bond acceptors (Lipinski definition) is 6. The van der Waals surface area contributed by atoms with Crippen LogP contribution in [0, 0.1) is 0 Å². The Morgan fingerprint density at radius 3 is 1.60 bits per heavy atom. The third kappa shape index (κ3) is 4.04. The third-order valence-electron chi connectivity index (χ3n) is 4.91. The molecule has 1 aliphatic heterocycles. The number of hydrazine groups is 2. The molecule has 0 spiro atoms. The molecule has 4 rings (SSSR count). The van der Waals surface area contributed by atoms with Crippen LogP contribution in [0.2, 0.25) is 0 Å². The van der Waals surface area contributed by atoms with Crippen LogP contribution in [0.1, 0.15) is 36.6 Å². The first kappa shape index (κ1) is 19.3. The first-order chi connectivity index (χ1) is 14.7. The summed E-state index contributed by atoms with van der Waals surface area (Å²) in [6, 6.07) is 21.9. The van der Waals surface area contributed by atoms with Crippen LogP contribution in [0.3, 0.4) is 0 Å². The van der Waals surface area contributed by atoms with Gasteiger partial charge >= 0.3 is 0 Å². The maximum absolute atomic E-state index is 11.0. The van der Waals surface area contributed by atoms with Gasteiger partial charge in [0.15, 0.2) is 0 Å². The van der Waals surface area contributed by atoms with E-state index in [1.54, 1.807) is 36.4 Å². The monoisotopic (exact) mass is 397 g/mol. The minimum absolute atomic E-state index is 0.573. The van der Waals surface area contributed by atoms with Crippen molar-refractivity contribution in [2.24, 2.45) is 0 Å². The lowest BCUT2D eigenvalue weighted by molar-refractivity contribution is 0.111. The number of nitrogens with one attached hydrogen (secondary N) is 1. The van der Waals surface area contributed by atoms with Gasteiger partial charge in [-0.15, -0.1) is 5.53 Å². The Hall–Kier alpha value is -4.03. The Morgan fingerprint density at radius 2 is 1.10 bits per heavy atom. The van der Waals surface area contributed by atoms with Crippen molar-refractivity contribution in [3.8, 4) is 0 Å². The highest BCUT2D eigenvalue weighted by Crippen LogP contribution is 2.27. The molecule has 1 N–H and O–H groups in total. The van der Waals surface area contributed by atoms with E-state index in [0.717, 1.165) is 41.4 Å². The quantitative estimate of drug-likeness (QED) is 0.636. The molecule has 6 heteroatoms. The van der Waals surface area contributed by atoms with E-state index in [2.05, 4.69) is 5.53 Å². The van der Waals surface area contributed by atoms with Crippen LogP contribution in [0.4, 0.5) is 11.4 Å². The second-order valence-electron chi connectivity index (χ2n) is 6.87. The van der Waals surface area contributed by atoms with Crippen molar-refractivity contribution in [3.63, 3.8) is 0 Å². The molecule has 0 aliphatic carbocycles. The zero-order valence-electron chi connectivity index (χ0n) is 16.1. The second-order valence-corrected chi connectivity index (χ2v) is 6.87. The number of hydrogen-bond donors (Lipinski definition) is 1. The lowest BCUT2D eigenvalue weighted by atomic mass is 10.0. The normalized spacial score (nSPS) is 13.5. The summed E-state index contributed by atoms with van der Waals surface area (Å²) in [6.45, 7) is 0.573. The van der Waals surface area contributed by atoms with Gasteiger partial charge in [-0.1, -0.05) is 24.3 Å². The summed E-state index contributed by atoms with van der Waals surface area (Å²) in [5, 5.41) is 3.83. The highest BCUT2D eigenvalue weighted by molar-refractivity contribution is 5.80. The van der Waals surface area contributed by atoms with Crippen molar-refractivity contribution in [1.82, 2.24) is 5.53 Å². The molecule has 1 aliphatic rings. The van der Waals surface area contributed by atoms with Crippen LogP contribution in [0.5, 0.6) is 0 Å². The molecule has 0 radical (unpaired) electrons. The van der Waals surface area contributed by atoms with E-state index in [-0.39, 0.29) is 0 Å². The molecule has 3 aromatic rings. The Kier molecular flexibility index (Phi) is 5.50. The van der Waals surface area contributed by atoms with Gasteiger partial charge in [0.25, 0.3) is 0 Å². The number of aldehydes is 3. The van der Waals surface area contributed by atoms with Crippen LogP contribution in [0.25, 0.3) is 5.57 Å². The Balaban J connectivity index is 1.71. The molecule has 0 saturated heterocycles. The van der Waals surface area contributed by atoms with Gasteiger partial charge in [0.1, 0.15) is 18.9 Å². The minimum Gasteiger partial charge on any atom is -0.298 e. The summed E-state index contributed by atoms with van der Waals surface area (Å²) in [7, 11) is 0. The van der Waals surface area contributed by atoms with Gasteiger partial charge in [-0.25, -0.2) is 0 Å². The van der Waals surface area contributed by atoms with Gasteiger partial charge in [0.05, 0.1) is 17.9 Å². The van der Waals surface area contributed by atoms with E-state index in [0.29, 0.717) is 23.2 Å². The summed E-state index contributed by atoms with van der Waals surface area (Å²) >= 11 is 0. The van der Waals surface area contributed by atoms with Crippen molar-refractivity contribution >= 4 is 35.8 Å². The summed E-state index contributed by atoms with van der Waals surface area (Å²) in [5.74, 6) is 0. The SMILES string of the molecule is O=Cc1ccc(C2=CN(c3ccc(C=O)cc3)NN(c3ccc(C=O)cc3)C2)cc1. The van der Waals surface area contributed by atoms with E-state index in [1.807, 2.05) is 52.6 Å². The van der Waals surface area contributed by atoms with Crippen LogP contribution >= 0.6 is 0 Å². The smallest absolute Gasteiger partial charge is 0.150 e. The summed E-state index contributed by atoms with van der Waals surface area (Å²) < 4.78 is 0. The van der Waals surface area contributed by atoms with Crippen molar-refractivity contribution in [2.45, 2.75) is 0 Å².